The van der Waals surface area contributed by atoms with Gasteiger partial charge in [-0.15, -0.1) is 0 Å². The molecule has 3 aromatic rings. The van der Waals surface area contributed by atoms with Crippen LogP contribution in [-0.2, 0) is 10.0 Å². The number of pyridine rings is 1. The molecule has 0 saturated carbocycles. The van der Waals surface area contributed by atoms with Crippen LogP contribution in [0.3, 0.4) is 0 Å². The van der Waals surface area contributed by atoms with E-state index in [0.717, 1.165) is 11.6 Å². The van der Waals surface area contributed by atoms with Crippen molar-refractivity contribution >= 4 is 32.8 Å². The first-order chi connectivity index (χ1) is 14.8. The van der Waals surface area contributed by atoms with Gasteiger partial charge >= 0.3 is 0 Å². The summed E-state index contributed by atoms with van der Waals surface area (Å²) in [5, 5.41) is 15.4. The first-order valence-electron chi connectivity index (χ1n) is 8.96. The first kappa shape index (κ1) is 21.7. The van der Waals surface area contributed by atoms with Crippen molar-refractivity contribution in [1.29, 1.82) is 0 Å². The second-order valence-corrected chi connectivity index (χ2v) is 7.97. The van der Waals surface area contributed by atoms with Crippen molar-refractivity contribution < 1.29 is 18.1 Å². The fourth-order valence-electron chi connectivity index (χ4n) is 2.59. The summed E-state index contributed by atoms with van der Waals surface area (Å²) in [4.78, 5) is 14.2. The van der Waals surface area contributed by atoms with Gasteiger partial charge in [-0.1, -0.05) is 6.07 Å². The number of methoxy groups -OCH3 is 1. The van der Waals surface area contributed by atoms with Crippen LogP contribution in [0.1, 0.15) is 12.5 Å². The third-order valence-electron chi connectivity index (χ3n) is 4.23. The number of benzene rings is 2. The number of anilines is 2. The minimum Gasteiger partial charge on any atom is -0.497 e. The minimum atomic E-state index is -4.17. The second kappa shape index (κ2) is 9.22. The maximum Gasteiger partial charge on any atom is 0.270 e. The van der Waals surface area contributed by atoms with E-state index < -0.39 is 14.9 Å². The molecule has 0 atom stereocenters. The summed E-state index contributed by atoms with van der Waals surface area (Å²) in [7, 11) is -2.68. The molecule has 31 heavy (non-hydrogen) atoms. The van der Waals surface area contributed by atoms with Crippen molar-refractivity contribution in [3.8, 4) is 5.75 Å². The van der Waals surface area contributed by atoms with Crippen LogP contribution in [0.25, 0.3) is 0 Å². The number of nitro groups is 1. The van der Waals surface area contributed by atoms with Gasteiger partial charge in [0, 0.05) is 35.8 Å². The molecule has 11 heteroatoms. The van der Waals surface area contributed by atoms with E-state index in [1.807, 2.05) is 0 Å². The molecule has 0 amide bonds. The summed E-state index contributed by atoms with van der Waals surface area (Å²) >= 11 is 0. The Balaban J connectivity index is 1.96. The molecule has 2 N–H and O–H groups in total. The zero-order valence-corrected chi connectivity index (χ0v) is 17.5. The Hall–Kier alpha value is -3.99. The van der Waals surface area contributed by atoms with Crippen LogP contribution in [0.5, 0.6) is 5.75 Å². The van der Waals surface area contributed by atoms with E-state index >= 15 is 0 Å². The summed E-state index contributed by atoms with van der Waals surface area (Å²) in [5.74, 6) is 0.556. The third-order valence-corrected chi connectivity index (χ3v) is 5.65. The number of sulfonamides is 1. The summed E-state index contributed by atoms with van der Waals surface area (Å²) in [5.41, 5.74) is 3.96. The number of ether oxygens (including phenoxy) is 1. The average Bonchev–Trinajstić information content (AvgIpc) is 2.78. The smallest absolute Gasteiger partial charge is 0.270 e. The number of nitrogens with one attached hydrogen (secondary N) is 2. The van der Waals surface area contributed by atoms with Crippen molar-refractivity contribution in [3.05, 3.63) is 82.7 Å². The number of nitrogens with zero attached hydrogens (tertiary/aromatic N) is 3. The number of hydrogen-bond acceptors (Lipinski definition) is 8. The number of hydrazone groups is 1. The molecule has 0 fully saturated rings. The van der Waals surface area contributed by atoms with E-state index in [1.165, 1.54) is 31.4 Å². The van der Waals surface area contributed by atoms with Gasteiger partial charge in [-0.05, 0) is 43.3 Å². The van der Waals surface area contributed by atoms with E-state index in [1.54, 1.807) is 43.6 Å². The van der Waals surface area contributed by atoms with Gasteiger partial charge in [0.05, 0.1) is 23.4 Å². The summed E-state index contributed by atoms with van der Waals surface area (Å²) in [6.45, 7) is 1.72. The Morgan fingerprint density at radius 3 is 2.52 bits per heavy atom. The van der Waals surface area contributed by atoms with Crippen molar-refractivity contribution in [2.24, 2.45) is 5.10 Å². The van der Waals surface area contributed by atoms with Gasteiger partial charge < -0.3 is 4.74 Å². The highest BCUT2D eigenvalue weighted by atomic mass is 32.2. The minimum absolute atomic E-state index is 0.0786. The zero-order valence-electron chi connectivity index (χ0n) is 16.6. The highest BCUT2D eigenvalue weighted by Crippen LogP contribution is 2.29. The van der Waals surface area contributed by atoms with Gasteiger partial charge in [0.15, 0.2) is 0 Å². The van der Waals surface area contributed by atoms with Crippen LogP contribution in [0.15, 0.2) is 77.0 Å². The lowest BCUT2D eigenvalue weighted by Crippen LogP contribution is -2.15. The lowest BCUT2D eigenvalue weighted by molar-refractivity contribution is -0.385. The standard InChI is InChI=1S/C20H19N5O5S/c1-14(15-4-3-11-21-13-15)22-23-19-10-7-17(25(26)27)12-20(19)31(28,29)24-16-5-8-18(30-2)9-6-16/h3-13,23-24H,1-2H3. The van der Waals surface area contributed by atoms with Gasteiger partial charge in [-0.25, -0.2) is 8.42 Å². The third kappa shape index (κ3) is 5.34. The highest BCUT2D eigenvalue weighted by molar-refractivity contribution is 7.92. The van der Waals surface area contributed by atoms with Gasteiger partial charge in [0.1, 0.15) is 10.6 Å². The highest BCUT2D eigenvalue weighted by Gasteiger charge is 2.23. The molecule has 0 unspecified atom stereocenters. The summed E-state index contributed by atoms with van der Waals surface area (Å²) < 4.78 is 33.5. The van der Waals surface area contributed by atoms with Gasteiger partial charge in [-0.2, -0.15) is 5.10 Å². The Bertz CT molecular complexity index is 1210. The quantitative estimate of drug-likeness (QED) is 0.309. The van der Waals surface area contributed by atoms with Crippen LogP contribution in [-0.4, -0.2) is 31.1 Å². The first-order valence-corrected chi connectivity index (χ1v) is 10.4. The lowest BCUT2D eigenvalue weighted by atomic mass is 10.2. The van der Waals surface area contributed by atoms with Gasteiger partial charge in [0.2, 0.25) is 0 Å². The van der Waals surface area contributed by atoms with Crippen molar-refractivity contribution in [1.82, 2.24) is 4.98 Å². The zero-order chi connectivity index (χ0) is 22.4. The Morgan fingerprint density at radius 2 is 1.90 bits per heavy atom. The second-order valence-electron chi connectivity index (χ2n) is 6.32. The average molecular weight is 441 g/mol. The topological polar surface area (TPSA) is 136 Å². The molecule has 0 aliphatic rings. The predicted octanol–water partition coefficient (Wildman–Crippen LogP) is 3.64. The molecule has 0 saturated heterocycles. The molecular formula is C20H19N5O5S. The van der Waals surface area contributed by atoms with Crippen LogP contribution in [0.4, 0.5) is 17.1 Å². The van der Waals surface area contributed by atoms with E-state index in [2.05, 4.69) is 20.2 Å². The van der Waals surface area contributed by atoms with Crippen molar-refractivity contribution in [2.45, 2.75) is 11.8 Å². The van der Waals surface area contributed by atoms with Gasteiger partial charge in [-0.3, -0.25) is 25.2 Å². The lowest BCUT2D eigenvalue weighted by Gasteiger charge is -2.13. The monoisotopic (exact) mass is 441 g/mol. The normalized spacial score (nSPS) is 11.6. The van der Waals surface area contributed by atoms with Crippen LogP contribution in [0.2, 0.25) is 0 Å². The molecule has 10 nitrogen and oxygen atoms in total. The molecule has 160 valence electrons. The van der Waals surface area contributed by atoms with E-state index in [9.17, 15) is 18.5 Å². The molecule has 0 spiro atoms. The fourth-order valence-corrected chi connectivity index (χ4v) is 3.83. The number of nitro benzene ring substituents is 1. The van der Waals surface area contributed by atoms with E-state index in [4.69, 9.17) is 4.74 Å². The van der Waals surface area contributed by atoms with Crippen molar-refractivity contribution in [2.75, 3.05) is 17.3 Å². The van der Waals surface area contributed by atoms with E-state index in [-0.39, 0.29) is 22.0 Å². The molecule has 0 aliphatic carbocycles. The number of non-ortho nitro benzene ring substituents is 1. The maximum absolute atomic E-state index is 13.0. The molecule has 0 bridgehead atoms. The number of hydrogen-bond donors (Lipinski definition) is 2. The molecule has 1 aromatic heterocycles. The SMILES string of the molecule is COc1ccc(NS(=O)(=O)c2cc([N+](=O)[O-])ccc2NN=C(C)c2cccnc2)cc1. The molecule has 0 radical (unpaired) electrons. The fraction of sp³-hybridized carbons (Fsp3) is 0.100. The Labute approximate surface area is 178 Å². The molecule has 3 rings (SSSR count). The predicted molar refractivity (Wildman–Crippen MR) is 117 cm³/mol. The molecular weight excluding hydrogens is 422 g/mol. The summed E-state index contributed by atoms with van der Waals surface area (Å²) in [6.07, 6.45) is 3.23. The van der Waals surface area contributed by atoms with Crippen LogP contribution >= 0.6 is 0 Å². The molecule has 2 aromatic carbocycles. The maximum atomic E-state index is 13.0. The number of aromatic nitrogens is 1. The van der Waals surface area contributed by atoms with Gasteiger partial charge in [0.25, 0.3) is 15.7 Å². The Kier molecular flexibility index (Phi) is 6.46. The van der Waals surface area contributed by atoms with Crippen LogP contribution < -0.4 is 14.9 Å². The summed E-state index contributed by atoms with van der Waals surface area (Å²) in [6, 6.07) is 13.2. The molecule has 1 heterocycles. The largest absolute Gasteiger partial charge is 0.497 e. The number of rotatable bonds is 8. The Morgan fingerprint density at radius 1 is 1.16 bits per heavy atom. The molecule has 0 aliphatic heterocycles. The van der Waals surface area contributed by atoms with Crippen LogP contribution in [0, 0.1) is 10.1 Å². The van der Waals surface area contributed by atoms with E-state index in [0.29, 0.717) is 11.5 Å². The van der Waals surface area contributed by atoms with Crippen molar-refractivity contribution in [3.63, 3.8) is 0 Å².